The van der Waals surface area contributed by atoms with Crippen LogP contribution in [-0.4, -0.2) is 24.4 Å². The van der Waals surface area contributed by atoms with Crippen LogP contribution in [0.2, 0.25) is 0 Å². The van der Waals surface area contributed by atoms with E-state index in [9.17, 15) is 14.0 Å². The maximum absolute atomic E-state index is 14.6. The highest BCUT2D eigenvalue weighted by Crippen LogP contribution is 2.26. The van der Waals surface area contributed by atoms with Gasteiger partial charge in [-0.2, -0.15) is 0 Å². The van der Waals surface area contributed by atoms with Gasteiger partial charge in [0.1, 0.15) is 11.9 Å². The maximum Gasteiger partial charge on any atom is 0.246 e. The van der Waals surface area contributed by atoms with E-state index in [4.69, 9.17) is 0 Å². The Hall–Kier alpha value is -1.95. The van der Waals surface area contributed by atoms with E-state index in [1.165, 1.54) is 0 Å². The molecule has 0 radical (unpaired) electrons. The molecular weight excluding hydrogens is 309 g/mol. The Morgan fingerprint density at radius 1 is 1.29 bits per heavy atom. The highest BCUT2D eigenvalue weighted by Gasteiger charge is 2.26. The Kier molecular flexibility index (Phi) is 5.14. The van der Waals surface area contributed by atoms with Crippen molar-refractivity contribution in [3.05, 3.63) is 29.1 Å². The predicted octanol–water partition coefficient (Wildman–Crippen LogP) is 2.10. The number of carbonyl (C=O) groups excluding carboxylic acids is 2. The Morgan fingerprint density at radius 2 is 2.04 bits per heavy atom. The Balaban J connectivity index is 1.62. The third kappa shape index (κ3) is 3.59. The number of anilines is 1. The van der Waals surface area contributed by atoms with E-state index in [0.29, 0.717) is 18.5 Å². The van der Waals surface area contributed by atoms with Crippen molar-refractivity contribution in [1.82, 2.24) is 10.6 Å². The highest BCUT2D eigenvalue weighted by molar-refractivity contribution is 5.97. The number of nitrogens with one attached hydrogen (secondary N) is 3. The number of amides is 2. The molecule has 5 nitrogen and oxygen atoms in total. The van der Waals surface area contributed by atoms with E-state index in [1.54, 1.807) is 13.0 Å². The van der Waals surface area contributed by atoms with Gasteiger partial charge in [0, 0.05) is 12.5 Å². The van der Waals surface area contributed by atoms with E-state index in [0.717, 1.165) is 37.8 Å². The van der Waals surface area contributed by atoms with Gasteiger partial charge in [-0.15, -0.1) is 0 Å². The molecule has 1 fully saturated rings. The van der Waals surface area contributed by atoms with Crippen LogP contribution in [0.15, 0.2) is 12.1 Å². The largest absolute Gasteiger partial charge is 0.344 e. The molecule has 1 atom stereocenters. The van der Waals surface area contributed by atoms with E-state index in [-0.39, 0.29) is 23.3 Å². The van der Waals surface area contributed by atoms with Crippen LogP contribution in [-0.2, 0) is 22.6 Å². The van der Waals surface area contributed by atoms with Crippen LogP contribution in [0.3, 0.4) is 0 Å². The van der Waals surface area contributed by atoms with Crippen molar-refractivity contribution >= 4 is 17.5 Å². The monoisotopic (exact) mass is 333 g/mol. The fourth-order valence-electron chi connectivity index (χ4n) is 3.46. The van der Waals surface area contributed by atoms with Crippen molar-refractivity contribution in [3.8, 4) is 0 Å². The zero-order valence-corrected chi connectivity index (χ0v) is 14.0. The summed E-state index contributed by atoms with van der Waals surface area (Å²) in [5.41, 5.74) is 1.77. The maximum atomic E-state index is 14.6. The number of fused-ring (bicyclic) bond motifs is 1. The standard InChI is InChI=1S/C18H24FN3O2/c1-11(21-18(24)12-4-2-3-5-12)17(23)22-15-7-6-13-10-20-9-8-14(13)16(15)19/h6-7,11-12,20H,2-5,8-10H2,1H3,(H,21,24)(H,22,23). The molecule has 3 rings (SSSR count). The molecule has 0 bridgehead atoms. The van der Waals surface area contributed by atoms with Gasteiger partial charge in [-0.3, -0.25) is 9.59 Å². The van der Waals surface area contributed by atoms with E-state index in [1.807, 2.05) is 6.07 Å². The zero-order valence-electron chi connectivity index (χ0n) is 14.0. The molecule has 0 aromatic heterocycles. The first kappa shape index (κ1) is 16.9. The summed E-state index contributed by atoms with van der Waals surface area (Å²) in [6, 6.07) is 2.74. The molecule has 1 heterocycles. The number of hydrogen-bond acceptors (Lipinski definition) is 3. The summed E-state index contributed by atoms with van der Waals surface area (Å²) in [5, 5.41) is 8.54. The van der Waals surface area contributed by atoms with Crippen LogP contribution < -0.4 is 16.0 Å². The molecule has 1 unspecified atom stereocenters. The molecule has 3 N–H and O–H groups in total. The van der Waals surface area contributed by atoms with Gasteiger partial charge in [-0.1, -0.05) is 18.9 Å². The van der Waals surface area contributed by atoms with Crippen LogP contribution in [0, 0.1) is 11.7 Å². The van der Waals surface area contributed by atoms with Gasteiger partial charge in [0.2, 0.25) is 11.8 Å². The Morgan fingerprint density at radius 3 is 2.79 bits per heavy atom. The summed E-state index contributed by atoms with van der Waals surface area (Å²) < 4.78 is 14.6. The van der Waals surface area contributed by atoms with Gasteiger partial charge < -0.3 is 16.0 Å². The molecule has 24 heavy (non-hydrogen) atoms. The first-order chi connectivity index (χ1) is 11.6. The molecule has 1 aromatic carbocycles. The van der Waals surface area contributed by atoms with Crippen molar-refractivity contribution in [2.24, 2.45) is 5.92 Å². The minimum atomic E-state index is -0.685. The lowest BCUT2D eigenvalue weighted by molar-refractivity contribution is -0.128. The lowest BCUT2D eigenvalue weighted by atomic mass is 9.99. The van der Waals surface area contributed by atoms with Gasteiger partial charge in [-0.05, 0) is 49.9 Å². The third-order valence-electron chi connectivity index (χ3n) is 4.94. The van der Waals surface area contributed by atoms with Crippen molar-refractivity contribution in [3.63, 3.8) is 0 Å². The second-order valence-corrected chi connectivity index (χ2v) is 6.69. The van der Waals surface area contributed by atoms with Gasteiger partial charge >= 0.3 is 0 Å². The number of hydrogen-bond donors (Lipinski definition) is 3. The SMILES string of the molecule is CC(NC(=O)C1CCCC1)C(=O)Nc1ccc2c(c1F)CCNC2. The zero-order chi connectivity index (χ0) is 17.1. The fraction of sp³-hybridized carbons (Fsp3) is 0.556. The molecule has 130 valence electrons. The first-order valence-corrected chi connectivity index (χ1v) is 8.68. The normalized spacial score (nSPS) is 18.8. The summed E-state index contributed by atoms with van der Waals surface area (Å²) >= 11 is 0. The van der Waals surface area contributed by atoms with Crippen LogP contribution in [0.25, 0.3) is 0 Å². The van der Waals surface area contributed by atoms with Gasteiger partial charge in [-0.25, -0.2) is 4.39 Å². The van der Waals surface area contributed by atoms with Crippen molar-refractivity contribution in [1.29, 1.82) is 0 Å². The summed E-state index contributed by atoms with van der Waals surface area (Å²) in [6.07, 6.45) is 4.50. The third-order valence-corrected chi connectivity index (χ3v) is 4.94. The summed E-state index contributed by atoms with van der Waals surface area (Å²) in [4.78, 5) is 24.4. The second-order valence-electron chi connectivity index (χ2n) is 6.69. The second kappa shape index (κ2) is 7.30. The van der Waals surface area contributed by atoms with E-state index >= 15 is 0 Å². The predicted molar refractivity (Wildman–Crippen MR) is 90.0 cm³/mol. The topological polar surface area (TPSA) is 70.2 Å². The molecule has 0 spiro atoms. The molecule has 6 heteroatoms. The number of rotatable bonds is 4. The van der Waals surface area contributed by atoms with Crippen LogP contribution in [0.4, 0.5) is 10.1 Å². The summed E-state index contributed by atoms with van der Waals surface area (Å²) in [6.45, 7) is 3.01. The van der Waals surface area contributed by atoms with Crippen LogP contribution in [0.1, 0.15) is 43.7 Å². The van der Waals surface area contributed by atoms with Crippen LogP contribution in [0.5, 0.6) is 0 Å². The van der Waals surface area contributed by atoms with Crippen molar-refractivity contribution < 1.29 is 14.0 Å². The Labute approximate surface area is 141 Å². The smallest absolute Gasteiger partial charge is 0.246 e. The molecule has 2 amide bonds. The molecular formula is C18H24FN3O2. The molecule has 1 aliphatic heterocycles. The van der Waals surface area contributed by atoms with Crippen molar-refractivity contribution in [2.45, 2.75) is 51.6 Å². The van der Waals surface area contributed by atoms with E-state index < -0.39 is 11.9 Å². The number of carbonyl (C=O) groups is 2. The Bertz CT molecular complexity index is 641. The molecule has 1 aliphatic carbocycles. The van der Waals surface area contributed by atoms with Crippen molar-refractivity contribution in [2.75, 3.05) is 11.9 Å². The quantitative estimate of drug-likeness (QED) is 0.790. The van der Waals surface area contributed by atoms with Gasteiger partial charge in [0.05, 0.1) is 5.69 Å². The average molecular weight is 333 g/mol. The van der Waals surface area contributed by atoms with Crippen LogP contribution >= 0.6 is 0 Å². The van der Waals surface area contributed by atoms with E-state index in [2.05, 4.69) is 16.0 Å². The first-order valence-electron chi connectivity index (χ1n) is 8.68. The van der Waals surface area contributed by atoms with Gasteiger partial charge in [0.25, 0.3) is 0 Å². The van der Waals surface area contributed by atoms with Gasteiger partial charge in [0.15, 0.2) is 0 Å². The number of benzene rings is 1. The lowest BCUT2D eigenvalue weighted by Crippen LogP contribution is -2.43. The minimum Gasteiger partial charge on any atom is -0.344 e. The summed E-state index contributed by atoms with van der Waals surface area (Å²) in [7, 11) is 0. The minimum absolute atomic E-state index is 0.00762. The lowest BCUT2D eigenvalue weighted by Gasteiger charge is -2.21. The molecule has 2 aliphatic rings. The molecule has 1 aromatic rings. The fourth-order valence-corrected chi connectivity index (χ4v) is 3.46. The molecule has 0 saturated heterocycles. The summed E-state index contributed by atoms with van der Waals surface area (Å²) in [5.74, 6) is -0.828. The molecule has 1 saturated carbocycles. The number of halogens is 1. The highest BCUT2D eigenvalue weighted by atomic mass is 19.1. The average Bonchev–Trinajstić information content (AvgIpc) is 3.12.